The van der Waals surface area contributed by atoms with Crippen molar-refractivity contribution in [2.75, 3.05) is 7.11 Å². The number of alkyl halides is 3. The van der Waals surface area contributed by atoms with Gasteiger partial charge in [0.25, 0.3) is 0 Å². The van der Waals surface area contributed by atoms with E-state index in [1.54, 1.807) is 13.0 Å². The Kier molecular flexibility index (Phi) is 3.93. The first-order chi connectivity index (χ1) is 7.36. The number of methoxy groups -OCH3 is 1. The van der Waals surface area contributed by atoms with Crippen LogP contribution >= 0.6 is 0 Å². The number of benzene rings is 1. The molecule has 0 spiro atoms. The van der Waals surface area contributed by atoms with Crippen LogP contribution in [0, 0.1) is 0 Å². The second kappa shape index (κ2) is 4.84. The van der Waals surface area contributed by atoms with E-state index in [0.29, 0.717) is 5.56 Å². The monoisotopic (exact) mass is 233 g/mol. The van der Waals surface area contributed by atoms with Gasteiger partial charge < -0.3 is 10.5 Å². The lowest BCUT2D eigenvalue weighted by Gasteiger charge is -2.20. The molecule has 0 aromatic heterocycles. The van der Waals surface area contributed by atoms with Crippen molar-refractivity contribution in [3.8, 4) is 0 Å². The fourth-order valence-corrected chi connectivity index (χ4v) is 1.55. The second-order valence-corrected chi connectivity index (χ2v) is 3.64. The third-order valence-corrected chi connectivity index (χ3v) is 2.27. The maximum absolute atomic E-state index is 12.5. The van der Waals surface area contributed by atoms with Gasteiger partial charge in [0.05, 0.1) is 11.7 Å². The summed E-state index contributed by atoms with van der Waals surface area (Å²) < 4.78 is 42.5. The maximum Gasteiger partial charge on any atom is 0.416 e. The normalized spacial score (nSPS) is 15.9. The zero-order valence-corrected chi connectivity index (χ0v) is 9.08. The van der Waals surface area contributed by atoms with Crippen molar-refractivity contribution in [2.24, 2.45) is 5.73 Å². The van der Waals surface area contributed by atoms with Crippen molar-refractivity contribution in [1.82, 2.24) is 0 Å². The van der Waals surface area contributed by atoms with Gasteiger partial charge in [0.2, 0.25) is 0 Å². The van der Waals surface area contributed by atoms with E-state index in [9.17, 15) is 13.2 Å². The molecule has 0 saturated carbocycles. The van der Waals surface area contributed by atoms with Crippen molar-refractivity contribution >= 4 is 0 Å². The minimum Gasteiger partial charge on any atom is -0.375 e. The minimum atomic E-state index is -4.34. The van der Waals surface area contributed by atoms with E-state index in [4.69, 9.17) is 10.5 Å². The summed E-state index contributed by atoms with van der Waals surface area (Å²) in [5.74, 6) is 0. The van der Waals surface area contributed by atoms with Crippen LogP contribution in [-0.2, 0) is 10.9 Å². The maximum atomic E-state index is 12.5. The van der Waals surface area contributed by atoms with Gasteiger partial charge in [-0.3, -0.25) is 0 Å². The quantitative estimate of drug-likeness (QED) is 0.871. The molecule has 0 aliphatic heterocycles. The van der Waals surface area contributed by atoms with Gasteiger partial charge in [0.15, 0.2) is 0 Å². The molecule has 0 bridgehead atoms. The molecule has 0 radical (unpaired) electrons. The first kappa shape index (κ1) is 13.0. The second-order valence-electron chi connectivity index (χ2n) is 3.64. The molecule has 0 aliphatic rings. The Morgan fingerprint density at radius 1 is 1.31 bits per heavy atom. The predicted octanol–water partition coefficient (Wildman–Crippen LogP) is 2.74. The lowest BCUT2D eigenvalue weighted by molar-refractivity contribution is -0.137. The van der Waals surface area contributed by atoms with Crippen LogP contribution in [0.25, 0.3) is 0 Å². The Morgan fingerprint density at radius 3 is 2.38 bits per heavy atom. The van der Waals surface area contributed by atoms with Gasteiger partial charge in [-0.05, 0) is 24.6 Å². The molecule has 1 aromatic carbocycles. The predicted molar refractivity (Wildman–Crippen MR) is 54.8 cm³/mol. The molecule has 1 rings (SSSR count). The highest BCUT2D eigenvalue weighted by molar-refractivity contribution is 5.28. The molecule has 90 valence electrons. The van der Waals surface area contributed by atoms with E-state index in [1.807, 2.05) is 0 Å². The highest BCUT2D eigenvalue weighted by Crippen LogP contribution is 2.31. The fourth-order valence-electron chi connectivity index (χ4n) is 1.55. The van der Waals surface area contributed by atoms with Gasteiger partial charge in [0.1, 0.15) is 0 Å². The van der Waals surface area contributed by atoms with Gasteiger partial charge in [-0.15, -0.1) is 0 Å². The summed E-state index contributed by atoms with van der Waals surface area (Å²) in [7, 11) is 1.42. The van der Waals surface area contributed by atoms with Crippen LogP contribution in [-0.4, -0.2) is 13.2 Å². The van der Waals surface area contributed by atoms with E-state index in [2.05, 4.69) is 0 Å². The number of halogens is 3. The highest BCUT2D eigenvalue weighted by Gasteiger charge is 2.31. The molecule has 2 atom stereocenters. The van der Waals surface area contributed by atoms with Gasteiger partial charge in [-0.25, -0.2) is 0 Å². The van der Waals surface area contributed by atoms with E-state index in [0.717, 1.165) is 12.1 Å². The van der Waals surface area contributed by atoms with E-state index in [1.165, 1.54) is 13.2 Å². The van der Waals surface area contributed by atoms with Crippen molar-refractivity contribution in [2.45, 2.75) is 25.2 Å². The van der Waals surface area contributed by atoms with E-state index < -0.39 is 17.8 Å². The van der Waals surface area contributed by atoms with Crippen LogP contribution < -0.4 is 5.73 Å². The standard InChI is InChI=1S/C11H14F3NO/c1-7(15)10(16-2)8-4-3-5-9(6-8)11(12,13)14/h3-7,10H,15H2,1-2H3. The third kappa shape index (κ3) is 2.96. The molecule has 2 unspecified atom stereocenters. The molecular weight excluding hydrogens is 219 g/mol. The number of rotatable bonds is 3. The zero-order valence-electron chi connectivity index (χ0n) is 9.08. The summed E-state index contributed by atoms with van der Waals surface area (Å²) in [5.41, 5.74) is 5.38. The molecule has 1 aromatic rings. The molecule has 0 fully saturated rings. The summed E-state index contributed by atoms with van der Waals surface area (Å²) in [6, 6.07) is 4.65. The van der Waals surface area contributed by atoms with Gasteiger partial charge >= 0.3 is 6.18 Å². The summed E-state index contributed by atoms with van der Waals surface area (Å²) in [4.78, 5) is 0. The topological polar surface area (TPSA) is 35.2 Å². The van der Waals surface area contributed by atoms with Crippen molar-refractivity contribution < 1.29 is 17.9 Å². The number of nitrogens with two attached hydrogens (primary N) is 1. The molecule has 0 heterocycles. The number of ether oxygens (including phenoxy) is 1. The van der Waals surface area contributed by atoms with Crippen LogP contribution in [0.2, 0.25) is 0 Å². The smallest absolute Gasteiger partial charge is 0.375 e. The van der Waals surface area contributed by atoms with Crippen LogP contribution in [0.1, 0.15) is 24.2 Å². The lowest BCUT2D eigenvalue weighted by Crippen LogP contribution is -2.26. The molecule has 0 saturated heterocycles. The molecule has 2 nitrogen and oxygen atoms in total. The van der Waals surface area contributed by atoms with Gasteiger partial charge in [0, 0.05) is 13.2 Å². The number of hydrogen-bond acceptors (Lipinski definition) is 2. The van der Waals surface area contributed by atoms with Gasteiger partial charge in [-0.1, -0.05) is 12.1 Å². The molecular formula is C11H14F3NO. The van der Waals surface area contributed by atoms with Crippen LogP contribution in [0.4, 0.5) is 13.2 Å². The summed E-state index contributed by atoms with van der Waals surface area (Å²) in [6.07, 6.45) is -4.87. The summed E-state index contributed by atoms with van der Waals surface area (Å²) >= 11 is 0. The molecule has 0 aliphatic carbocycles. The average molecular weight is 233 g/mol. The van der Waals surface area contributed by atoms with Crippen molar-refractivity contribution in [3.63, 3.8) is 0 Å². The van der Waals surface area contributed by atoms with Crippen LogP contribution in [0.5, 0.6) is 0 Å². The van der Waals surface area contributed by atoms with Gasteiger partial charge in [-0.2, -0.15) is 13.2 Å². The first-order valence-corrected chi connectivity index (χ1v) is 4.81. The van der Waals surface area contributed by atoms with Crippen molar-refractivity contribution in [1.29, 1.82) is 0 Å². The Balaban J connectivity index is 3.07. The molecule has 2 N–H and O–H groups in total. The highest BCUT2D eigenvalue weighted by atomic mass is 19.4. The number of hydrogen-bond donors (Lipinski definition) is 1. The van der Waals surface area contributed by atoms with Crippen LogP contribution in [0.15, 0.2) is 24.3 Å². The average Bonchev–Trinajstić information content (AvgIpc) is 2.17. The summed E-state index contributed by atoms with van der Waals surface area (Å²) in [5, 5.41) is 0. The third-order valence-electron chi connectivity index (χ3n) is 2.27. The SMILES string of the molecule is COC(c1cccc(C(F)(F)F)c1)C(C)N. The lowest BCUT2D eigenvalue weighted by atomic mass is 10.0. The Bertz CT molecular complexity index is 349. The van der Waals surface area contributed by atoms with Crippen LogP contribution in [0.3, 0.4) is 0 Å². The molecule has 0 amide bonds. The molecule has 5 heteroatoms. The van der Waals surface area contributed by atoms with Crippen molar-refractivity contribution in [3.05, 3.63) is 35.4 Å². The Hall–Kier alpha value is -1.07. The Labute approximate surface area is 92.2 Å². The summed E-state index contributed by atoms with van der Waals surface area (Å²) in [6.45, 7) is 1.69. The first-order valence-electron chi connectivity index (χ1n) is 4.81. The Morgan fingerprint density at radius 2 is 1.94 bits per heavy atom. The molecule has 16 heavy (non-hydrogen) atoms. The largest absolute Gasteiger partial charge is 0.416 e. The minimum absolute atomic E-state index is 0.367. The van der Waals surface area contributed by atoms with E-state index in [-0.39, 0.29) is 6.04 Å². The fraction of sp³-hybridized carbons (Fsp3) is 0.455. The zero-order chi connectivity index (χ0) is 12.3. The van der Waals surface area contributed by atoms with E-state index >= 15 is 0 Å².